The van der Waals surface area contributed by atoms with Gasteiger partial charge in [-0.2, -0.15) is 0 Å². The molecule has 3 heteroatoms. The lowest BCUT2D eigenvalue weighted by molar-refractivity contribution is 0.626. The minimum atomic E-state index is -0.330. The van der Waals surface area contributed by atoms with Crippen molar-refractivity contribution in [2.45, 2.75) is 0 Å². The Kier molecular flexibility index (Phi) is 2.65. The van der Waals surface area contributed by atoms with Gasteiger partial charge in [0.1, 0.15) is 5.82 Å². The monoisotopic (exact) mass is 202 g/mol. The Morgan fingerprint density at radius 1 is 0.867 bits per heavy atom. The number of hydrogen-bond donors (Lipinski definition) is 1. The zero-order valence-corrected chi connectivity index (χ0v) is 8.10. The van der Waals surface area contributed by atoms with Gasteiger partial charge < -0.3 is 0 Å². The summed E-state index contributed by atoms with van der Waals surface area (Å²) >= 11 is 0. The van der Waals surface area contributed by atoms with Crippen molar-refractivity contribution in [3.05, 3.63) is 60.4 Å². The Hall–Kier alpha value is -1.87. The van der Waals surface area contributed by atoms with Gasteiger partial charge in [-0.3, -0.25) is 5.01 Å². The molecule has 0 heterocycles. The SMILES string of the molecule is NN(c1ccccc1)c1ccccc1F. The number of hydrazine groups is 1. The van der Waals surface area contributed by atoms with Gasteiger partial charge in [0.25, 0.3) is 0 Å². The second-order valence-corrected chi connectivity index (χ2v) is 3.16. The fraction of sp³-hybridized carbons (Fsp3) is 0. The van der Waals surface area contributed by atoms with E-state index in [1.54, 1.807) is 18.2 Å². The Balaban J connectivity index is 2.37. The third-order valence-corrected chi connectivity index (χ3v) is 2.15. The highest BCUT2D eigenvalue weighted by Crippen LogP contribution is 2.23. The molecule has 2 rings (SSSR count). The Morgan fingerprint density at radius 3 is 2.13 bits per heavy atom. The predicted octanol–water partition coefficient (Wildman–Crippen LogP) is 2.84. The van der Waals surface area contributed by atoms with Crippen molar-refractivity contribution in [1.29, 1.82) is 0 Å². The van der Waals surface area contributed by atoms with E-state index in [1.807, 2.05) is 30.3 Å². The van der Waals surface area contributed by atoms with E-state index in [2.05, 4.69) is 0 Å². The normalized spacial score (nSPS) is 10.0. The Bertz CT molecular complexity index is 442. The lowest BCUT2D eigenvalue weighted by Crippen LogP contribution is -2.25. The highest BCUT2D eigenvalue weighted by Gasteiger charge is 2.07. The van der Waals surface area contributed by atoms with E-state index < -0.39 is 0 Å². The highest BCUT2D eigenvalue weighted by atomic mass is 19.1. The molecule has 0 atom stereocenters. The summed E-state index contributed by atoms with van der Waals surface area (Å²) in [6.07, 6.45) is 0. The largest absolute Gasteiger partial charge is 0.277 e. The molecule has 0 fully saturated rings. The van der Waals surface area contributed by atoms with Crippen LogP contribution in [0.2, 0.25) is 0 Å². The molecule has 2 N–H and O–H groups in total. The average Bonchev–Trinajstić information content (AvgIpc) is 2.30. The summed E-state index contributed by atoms with van der Waals surface area (Å²) in [5, 5.41) is 1.33. The molecular formula is C12H11FN2. The van der Waals surface area contributed by atoms with Crippen molar-refractivity contribution < 1.29 is 4.39 Å². The first-order valence-electron chi connectivity index (χ1n) is 4.63. The molecule has 0 aliphatic heterocycles. The third-order valence-electron chi connectivity index (χ3n) is 2.15. The number of halogens is 1. The van der Waals surface area contributed by atoms with E-state index in [-0.39, 0.29) is 5.82 Å². The van der Waals surface area contributed by atoms with Crippen molar-refractivity contribution in [2.24, 2.45) is 5.84 Å². The van der Waals surface area contributed by atoms with Gasteiger partial charge in [-0.25, -0.2) is 10.2 Å². The van der Waals surface area contributed by atoms with Gasteiger partial charge in [0.2, 0.25) is 0 Å². The van der Waals surface area contributed by atoms with Gasteiger partial charge in [0.05, 0.1) is 11.4 Å². The molecule has 2 nitrogen and oxygen atoms in total. The average molecular weight is 202 g/mol. The summed E-state index contributed by atoms with van der Waals surface area (Å²) in [5.74, 6) is 5.48. The summed E-state index contributed by atoms with van der Waals surface area (Å²) in [5.41, 5.74) is 1.12. The zero-order valence-electron chi connectivity index (χ0n) is 8.10. The van der Waals surface area contributed by atoms with Gasteiger partial charge in [-0.1, -0.05) is 30.3 Å². The van der Waals surface area contributed by atoms with Crippen LogP contribution >= 0.6 is 0 Å². The summed E-state index contributed by atoms with van der Waals surface area (Å²) in [7, 11) is 0. The first-order valence-corrected chi connectivity index (χ1v) is 4.63. The Morgan fingerprint density at radius 2 is 1.47 bits per heavy atom. The van der Waals surface area contributed by atoms with Crippen molar-refractivity contribution in [3.8, 4) is 0 Å². The van der Waals surface area contributed by atoms with Crippen LogP contribution in [-0.4, -0.2) is 0 Å². The maximum atomic E-state index is 13.4. The summed E-state index contributed by atoms with van der Waals surface area (Å²) < 4.78 is 13.4. The smallest absolute Gasteiger partial charge is 0.148 e. The van der Waals surface area contributed by atoms with Crippen molar-refractivity contribution in [2.75, 3.05) is 5.01 Å². The standard InChI is InChI=1S/C12H11FN2/c13-11-8-4-5-9-12(11)15(14)10-6-2-1-3-7-10/h1-9H,14H2. The molecular weight excluding hydrogens is 191 g/mol. The van der Waals surface area contributed by atoms with Crippen molar-refractivity contribution >= 4 is 11.4 Å². The van der Waals surface area contributed by atoms with Crippen LogP contribution in [0.1, 0.15) is 0 Å². The van der Waals surface area contributed by atoms with Gasteiger partial charge in [0.15, 0.2) is 0 Å². The molecule has 76 valence electrons. The van der Waals surface area contributed by atoms with Crippen LogP contribution in [0.3, 0.4) is 0 Å². The van der Waals surface area contributed by atoms with Gasteiger partial charge in [-0.05, 0) is 24.3 Å². The van der Waals surface area contributed by atoms with E-state index in [9.17, 15) is 4.39 Å². The second-order valence-electron chi connectivity index (χ2n) is 3.16. The Labute approximate surface area is 87.7 Å². The maximum Gasteiger partial charge on any atom is 0.148 e. The molecule has 2 aromatic rings. The van der Waals surface area contributed by atoms with Gasteiger partial charge in [0, 0.05) is 0 Å². The summed E-state index contributed by atoms with van der Waals surface area (Å²) in [4.78, 5) is 0. The minimum absolute atomic E-state index is 0.330. The molecule has 0 unspecified atom stereocenters. The van der Waals surface area contributed by atoms with Crippen LogP contribution in [-0.2, 0) is 0 Å². The molecule has 0 aliphatic rings. The summed E-state index contributed by atoms with van der Waals surface area (Å²) in [6.45, 7) is 0. The first-order chi connectivity index (χ1) is 7.29. The van der Waals surface area contributed by atoms with Crippen LogP contribution in [0.15, 0.2) is 54.6 Å². The molecule has 0 bridgehead atoms. The molecule has 0 amide bonds. The second kappa shape index (κ2) is 4.11. The molecule has 0 spiro atoms. The number of para-hydroxylation sites is 2. The molecule has 0 aromatic heterocycles. The quantitative estimate of drug-likeness (QED) is 0.599. The maximum absolute atomic E-state index is 13.4. The van der Waals surface area contributed by atoms with Crippen LogP contribution < -0.4 is 10.9 Å². The fourth-order valence-electron chi connectivity index (χ4n) is 1.37. The van der Waals surface area contributed by atoms with Crippen molar-refractivity contribution in [1.82, 2.24) is 0 Å². The van der Waals surface area contributed by atoms with Gasteiger partial charge in [-0.15, -0.1) is 0 Å². The predicted molar refractivity (Wildman–Crippen MR) is 59.2 cm³/mol. The number of hydrogen-bond acceptors (Lipinski definition) is 2. The van der Waals surface area contributed by atoms with Crippen LogP contribution in [0.5, 0.6) is 0 Å². The van der Waals surface area contributed by atoms with E-state index in [0.29, 0.717) is 5.69 Å². The van der Waals surface area contributed by atoms with E-state index in [1.165, 1.54) is 11.1 Å². The molecule has 15 heavy (non-hydrogen) atoms. The fourth-order valence-corrected chi connectivity index (χ4v) is 1.37. The van der Waals surface area contributed by atoms with E-state index >= 15 is 0 Å². The zero-order chi connectivity index (χ0) is 10.7. The number of rotatable bonds is 2. The highest BCUT2D eigenvalue weighted by molar-refractivity contribution is 5.61. The van der Waals surface area contributed by atoms with Crippen LogP contribution in [0, 0.1) is 5.82 Å². The van der Waals surface area contributed by atoms with Crippen LogP contribution in [0.25, 0.3) is 0 Å². The lowest BCUT2D eigenvalue weighted by atomic mass is 10.2. The van der Waals surface area contributed by atoms with Crippen LogP contribution in [0.4, 0.5) is 15.8 Å². The molecule has 0 saturated carbocycles. The topological polar surface area (TPSA) is 29.3 Å². The lowest BCUT2D eigenvalue weighted by Gasteiger charge is -2.18. The van der Waals surface area contributed by atoms with E-state index in [4.69, 9.17) is 5.84 Å². The minimum Gasteiger partial charge on any atom is -0.277 e. The first kappa shape index (κ1) is 9.68. The molecule has 2 aromatic carbocycles. The molecule has 0 saturated heterocycles. The number of nitrogens with two attached hydrogens (primary N) is 1. The third kappa shape index (κ3) is 1.97. The summed E-state index contributed by atoms with van der Waals surface area (Å²) in [6, 6.07) is 15.7. The number of anilines is 2. The van der Waals surface area contributed by atoms with Gasteiger partial charge >= 0.3 is 0 Å². The molecule has 0 radical (unpaired) electrons. The van der Waals surface area contributed by atoms with E-state index in [0.717, 1.165) is 5.69 Å². The number of nitrogens with zero attached hydrogens (tertiary/aromatic N) is 1. The number of benzene rings is 2. The van der Waals surface area contributed by atoms with Crippen molar-refractivity contribution in [3.63, 3.8) is 0 Å². The molecule has 0 aliphatic carbocycles.